The number of piperazine rings is 1. The number of carboxylic acid groups (broad SMARTS) is 1. The molecule has 0 bridgehead atoms. The van der Waals surface area contributed by atoms with Crippen molar-refractivity contribution in [3.05, 3.63) is 0 Å². The lowest BCUT2D eigenvalue weighted by Gasteiger charge is -2.45. The molecular weight excluding hydrogens is 216 g/mol. The van der Waals surface area contributed by atoms with Gasteiger partial charge in [-0.15, -0.1) is 0 Å². The van der Waals surface area contributed by atoms with Crippen LogP contribution in [0.5, 0.6) is 0 Å². The van der Waals surface area contributed by atoms with E-state index in [1.54, 1.807) is 0 Å². The van der Waals surface area contributed by atoms with Crippen LogP contribution in [0.15, 0.2) is 0 Å². The van der Waals surface area contributed by atoms with Gasteiger partial charge in [0.15, 0.2) is 0 Å². The third-order valence-electron chi connectivity index (χ3n) is 4.34. The maximum atomic E-state index is 10.9. The molecule has 0 spiro atoms. The molecule has 17 heavy (non-hydrogen) atoms. The van der Waals surface area contributed by atoms with Crippen molar-refractivity contribution in [2.75, 3.05) is 19.6 Å². The van der Waals surface area contributed by atoms with Crippen LogP contribution < -0.4 is 0 Å². The highest BCUT2D eigenvalue weighted by atomic mass is 16.4. The first-order valence-electron chi connectivity index (χ1n) is 6.83. The molecule has 0 radical (unpaired) electrons. The lowest BCUT2D eigenvalue weighted by Crippen LogP contribution is -2.58. The van der Waals surface area contributed by atoms with E-state index < -0.39 is 5.97 Å². The molecule has 2 saturated heterocycles. The molecule has 2 fully saturated rings. The number of hydrogen-bond donors (Lipinski definition) is 1. The lowest BCUT2D eigenvalue weighted by atomic mass is 10.0. The average molecular weight is 240 g/mol. The van der Waals surface area contributed by atoms with Gasteiger partial charge in [0.25, 0.3) is 0 Å². The van der Waals surface area contributed by atoms with Crippen molar-refractivity contribution in [1.29, 1.82) is 0 Å². The molecule has 4 heteroatoms. The number of nitrogens with zero attached hydrogens (tertiary/aromatic N) is 2. The van der Waals surface area contributed by atoms with Gasteiger partial charge in [-0.05, 0) is 32.7 Å². The van der Waals surface area contributed by atoms with E-state index in [0.29, 0.717) is 12.1 Å². The van der Waals surface area contributed by atoms with E-state index in [2.05, 4.69) is 23.6 Å². The summed E-state index contributed by atoms with van der Waals surface area (Å²) in [5.41, 5.74) is 0. The van der Waals surface area contributed by atoms with Crippen molar-refractivity contribution in [3.8, 4) is 0 Å². The van der Waals surface area contributed by atoms with Gasteiger partial charge in [-0.2, -0.15) is 0 Å². The van der Waals surface area contributed by atoms with Gasteiger partial charge >= 0.3 is 5.97 Å². The first-order chi connectivity index (χ1) is 8.11. The largest absolute Gasteiger partial charge is 0.481 e. The minimum Gasteiger partial charge on any atom is -0.481 e. The normalized spacial score (nSPS) is 32.4. The summed E-state index contributed by atoms with van der Waals surface area (Å²) >= 11 is 0. The molecule has 1 N–H and O–H groups in total. The van der Waals surface area contributed by atoms with Gasteiger partial charge in [-0.3, -0.25) is 14.6 Å². The first kappa shape index (κ1) is 12.8. The van der Waals surface area contributed by atoms with Crippen LogP contribution in [0.1, 0.15) is 39.5 Å². The molecule has 3 unspecified atom stereocenters. The fourth-order valence-corrected chi connectivity index (χ4v) is 3.42. The quantitative estimate of drug-likeness (QED) is 0.807. The van der Waals surface area contributed by atoms with Gasteiger partial charge in [0.2, 0.25) is 0 Å². The molecule has 0 aliphatic carbocycles. The van der Waals surface area contributed by atoms with E-state index in [1.165, 1.54) is 19.4 Å². The van der Waals surface area contributed by atoms with E-state index in [-0.39, 0.29) is 12.5 Å². The Kier molecular flexibility index (Phi) is 4.05. The summed E-state index contributed by atoms with van der Waals surface area (Å²) in [6, 6.07) is 1.38. The SMILES string of the molecule is CCC(CC(=O)O)N1CC2CCCN2CC1C. The molecule has 2 aliphatic rings. The highest BCUT2D eigenvalue weighted by molar-refractivity contribution is 5.67. The molecule has 0 saturated carbocycles. The van der Waals surface area contributed by atoms with E-state index >= 15 is 0 Å². The van der Waals surface area contributed by atoms with Crippen LogP contribution >= 0.6 is 0 Å². The Balaban J connectivity index is 2.00. The van der Waals surface area contributed by atoms with Crippen LogP contribution in [-0.4, -0.2) is 58.6 Å². The van der Waals surface area contributed by atoms with Crippen molar-refractivity contribution >= 4 is 5.97 Å². The van der Waals surface area contributed by atoms with Crippen LogP contribution in [0, 0.1) is 0 Å². The first-order valence-corrected chi connectivity index (χ1v) is 6.83. The minimum atomic E-state index is -0.669. The molecule has 0 amide bonds. The van der Waals surface area contributed by atoms with Crippen LogP contribution in [0.25, 0.3) is 0 Å². The number of aliphatic carboxylic acids is 1. The van der Waals surface area contributed by atoms with Gasteiger partial charge in [0.05, 0.1) is 6.42 Å². The molecule has 0 aromatic carbocycles. The molecule has 0 aromatic heterocycles. The number of carboxylic acids is 1. The lowest BCUT2D eigenvalue weighted by molar-refractivity contribution is -0.139. The van der Waals surface area contributed by atoms with Crippen molar-refractivity contribution in [1.82, 2.24) is 9.80 Å². The van der Waals surface area contributed by atoms with Crippen molar-refractivity contribution in [2.45, 2.75) is 57.7 Å². The van der Waals surface area contributed by atoms with Crippen LogP contribution in [0.3, 0.4) is 0 Å². The molecule has 2 rings (SSSR count). The molecule has 98 valence electrons. The predicted octanol–water partition coefficient (Wildman–Crippen LogP) is 1.41. The Morgan fingerprint density at radius 3 is 2.88 bits per heavy atom. The summed E-state index contributed by atoms with van der Waals surface area (Å²) in [4.78, 5) is 15.9. The third-order valence-corrected chi connectivity index (χ3v) is 4.34. The number of hydrogen-bond acceptors (Lipinski definition) is 3. The van der Waals surface area contributed by atoms with Crippen LogP contribution in [0.4, 0.5) is 0 Å². The van der Waals surface area contributed by atoms with Crippen molar-refractivity contribution in [3.63, 3.8) is 0 Å². The zero-order valence-corrected chi connectivity index (χ0v) is 10.9. The van der Waals surface area contributed by atoms with E-state index in [4.69, 9.17) is 5.11 Å². The summed E-state index contributed by atoms with van der Waals surface area (Å²) in [7, 11) is 0. The second kappa shape index (κ2) is 5.36. The van der Waals surface area contributed by atoms with Crippen molar-refractivity contribution in [2.24, 2.45) is 0 Å². The smallest absolute Gasteiger partial charge is 0.304 e. The summed E-state index contributed by atoms with van der Waals surface area (Å²) in [5.74, 6) is -0.669. The highest BCUT2D eigenvalue weighted by Gasteiger charge is 2.37. The van der Waals surface area contributed by atoms with E-state index in [1.807, 2.05) is 0 Å². The average Bonchev–Trinajstić information content (AvgIpc) is 2.71. The Bertz CT molecular complexity index is 283. The van der Waals surface area contributed by atoms with Gasteiger partial charge in [0.1, 0.15) is 0 Å². The van der Waals surface area contributed by atoms with Crippen molar-refractivity contribution < 1.29 is 9.90 Å². The van der Waals surface area contributed by atoms with Gasteiger partial charge in [-0.25, -0.2) is 0 Å². The summed E-state index contributed by atoms with van der Waals surface area (Å²) in [5, 5.41) is 8.98. The van der Waals surface area contributed by atoms with Gasteiger partial charge < -0.3 is 5.11 Å². The second-order valence-electron chi connectivity index (χ2n) is 5.50. The van der Waals surface area contributed by atoms with E-state index in [0.717, 1.165) is 19.5 Å². The number of rotatable bonds is 4. The monoisotopic (exact) mass is 240 g/mol. The Morgan fingerprint density at radius 1 is 1.47 bits per heavy atom. The second-order valence-corrected chi connectivity index (χ2v) is 5.50. The molecule has 4 nitrogen and oxygen atoms in total. The molecule has 0 aromatic rings. The summed E-state index contributed by atoms with van der Waals surface area (Å²) in [6.45, 7) is 7.74. The minimum absolute atomic E-state index is 0.213. The zero-order chi connectivity index (χ0) is 12.4. The third kappa shape index (κ3) is 2.80. The van der Waals surface area contributed by atoms with Gasteiger partial charge in [0, 0.05) is 31.2 Å². The van der Waals surface area contributed by atoms with Crippen LogP contribution in [0.2, 0.25) is 0 Å². The highest BCUT2D eigenvalue weighted by Crippen LogP contribution is 2.27. The maximum absolute atomic E-state index is 10.9. The summed E-state index contributed by atoms with van der Waals surface area (Å²) < 4.78 is 0. The molecule has 3 atom stereocenters. The van der Waals surface area contributed by atoms with Crippen LogP contribution in [-0.2, 0) is 4.79 Å². The predicted molar refractivity (Wildman–Crippen MR) is 67.1 cm³/mol. The fraction of sp³-hybridized carbons (Fsp3) is 0.923. The van der Waals surface area contributed by atoms with E-state index in [9.17, 15) is 4.79 Å². The summed E-state index contributed by atoms with van der Waals surface area (Å²) in [6.07, 6.45) is 3.81. The number of fused-ring (bicyclic) bond motifs is 1. The Morgan fingerprint density at radius 2 is 2.24 bits per heavy atom. The topological polar surface area (TPSA) is 43.8 Å². The Labute approximate surface area is 104 Å². The molecule has 2 heterocycles. The van der Waals surface area contributed by atoms with Gasteiger partial charge in [-0.1, -0.05) is 6.92 Å². The number of carbonyl (C=O) groups is 1. The standard InChI is InChI=1S/C13H24N2O2/c1-3-11(7-13(16)17)15-9-12-5-4-6-14(12)8-10(15)2/h10-12H,3-9H2,1-2H3,(H,16,17). The maximum Gasteiger partial charge on any atom is 0.304 e. The zero-order valence-electron chi connectivity index (χ0n) is 10.9. The Hall–Kier alpha value is -0.610. The fourth-order valence-electron chi connectivity index (χ4n) is 3.42. The molecule has 2 aliphatic heterocycles. The molecular formula is C13H24N2O2.